The van der Waals surface area contributed by atoms with Crippen molar-refractivity contribution in [2.75, 3.05) is 6.54 Å². The Bertz CT molecular complexity index is 282. The lowest BCUT2D eigenvalue weighted by Crippen LogP contribution is -2.23. The monoisotopic (exact) mass is 209 g/mol. The Kier molecular flexibility index (Phi) is 4.90. The number of hydrogen-bond acceptors (Lipinski definition) is 2. The summed E-state index contributed by atoms with van der Waals surface area (Å²) in [5.41, 5.74) is 6.57. The molecule has 0 saturated heterocycles. The molecule has 0 aliphatic rings. The van der Waals surface area contributed by atoms with Crippen LogP contribution in [-0.4, -0.2) is 17.4 Å². The summed E-state index contributed by atoms with van der Waals surface area (Å²) in [5.74, 6) is 0.513. The van der Waals surface area contributed by atoms with Crippen molar-refractivity contribution in [2.45, 2.75) is 26.3 Å². The van der Waals surface area contributed by atoms with E-state index in [0.29, 0.717) is 25.4 Å². The highest BCUT2D eigenvalue weighted by atomic mass is 16.1. The number of H-pyrrole nitrogens is 1. The molecule has 0 spiro atoms. The van der Waals surface area contributed by atoms with Gasteiger partial charge in [-0.3, -0.25) is 4.79 Å². The van der Waals surface area contributed by atoms with Gasteiger partial charge in [-0.2, -0.15) is 0 Å². The lowest BCUT2D eigenvalue weighted by molar-refractivity contribution is -0.121. The van der Waals surface area contributed by atoms with Gasteiger partial charge < -0.3 is 16.0 Å². The highest BCUT2D eigenvalue weighted by Crippen LogP contribution is 2.03. The van der Waals surface area contributed by atoms with E-state index in [9.17, 15) is 4.79 Å². The van der Waals surface area contributed by atoms with E-state index >= 15 is 0 Å². The first-order chi connectivity index (χ1) is 7.22. The van der Waals surface area contributed by atoms with Gasteiger partial charge in [-0.25, -0.2) is 0 Å². The molecule has 0 saturated carbocycles. The predicted molar refractivity (Wildman–Crippen MR) is 60.1 cm³/mol. The van der Waals surface area contributed by atoms with E-state index in [1.54, 1.807) is 0 Å². The van der Waals surface area contributed by atoms with Gasteiger partial charge in [0.15, 0.2) is 0 Å². The standard InChI is InChI=1S/C11H19N3O/c1-9(6-12)2-3-11(15)14-8-10-4-5-13-7-10/h4-5,7,9,13H,2-3,6,8,12H2,1H3,(H,14,15). The first-order valence-corrected chi connectivity index (χ1v) is 5.30. The molecule has 4 nitrogen and oxygen atoms in total. The van der Waals surface area contributed by atoms with Crippen molar-refractivity contribution in [2.24, 2.45) is 11.7 Å². The van der Waals surface area contributed by atoms with Crippen molar-refractivity contribution in [1.29, 1.82) is 0 Å². The number of amides is 1. The zero-order chi connectivity index (χ0) is 11.1. The topological polar surface area (TPSA) is 70.9 Å². The lowest BCUT2D eigenvalue weighted by Gasteiger charge is -2.07. The Balaban J connectivity index is 2.14. The largest absolute Gasteiger partial charge is 0.367 e. The first-order valence-electron chi connectivity index (χ1n) is 5.30. The van der Waals surface area contributed by atoms with Crippen LogP contribution in [0.3, 0.4) is 0 Å². The molecule has 84 valence electrons. The molecule has 4 N–H and O–H groups in total. The average Bonchev–Trinajstić information content (AvgIpc) is 2.75. The molecule has 0 aliphatic heterocycles. The van der Waals surface area contributed by atoms with E-state index in [4.69, 9.17) is 5.73 Å². The molecule has 1 unspecified atom stereocenters. The zero-order valence-corrected chi connectivity index (χ0v) is 9.12. The summed E-state index contributed by atoms with van der Waals surface area (Å²) < 4.78 is 0. The van der Waals surface area contributed by atoms with E-state index in [0.717, 1.165) is 12.0 Å². The molecule has 1 atom stereocenters. The molecule has 1 heterocycles. The van der Waals surface area contributed by atoms with Crippen LogP contribution >= 0.6 is 0 Å². The third-order valence-electron chi connectivity index (χ3n) is 2.42. The Hall–Kier alpha value is -1.29. The van der Waals surface area contributed by atoms with Crippen LogP contribution in [0.4, 0.5) is 0 Å². The summed E-state index contributed by atoms with van der Waals surface area (Å²) in [4.78, 5) is 14.3. The highest BCUT2D eigenvalue weighted by molar-refractivity contribution is 5.75. The number of nitrogens with one attached hydrogen (secondary N) is 2. The normalized spacial score (nSPS) is 12.4. The number of aromatic nitrogens is 1. The van der Waals surface area contributed by atoms with Crippen molar-refractivity contribution >= 4 is 5.91 Å². The Labute approximate surface area is 90.2 Å². The number of carbonyl (C=O) groups excluding carboxylic acids is 1. The molecule has 0 fully saturated rings. The molecular weight excluding hydrogens is 190 g/mol. The molecule has 0 bridgehead atoms. The molecule has 0 aliphatic carbocycles. The first kappa shape index (κ1) is 11.8. The van der Waals surface area contributed by atoms with Gasteiger partial charge in [0.2, 0.25) is 5.91 Å². The van der Waals surface area contributed by atoms with Crippen LogP contribution in [0.1, 0.15) is 25.3 Å². The maximum atomic E-state index is 11.4. The molecule has 1 rings (SSSR count). The molecule has 1 amide bonds. The van der Waals surface area contributed by atoms with Gasteiger partial charge in [-0.15, -0.1) is 0 Å². The molecule has 1 aromatic heterocycles. The van der Waals surface area contributed by atoms with Crippen molar-refractivity contribution < 1.29 is 4.79 Å². The van der Waals surface area contributed by atoms with E-state index in [-0.39, 0.29) is 5.91 Å². The zero-order valence-electron chi connectivity index (χ0n) is 9.12. The Morgan fingerprint density at radius 3 is 3.07 bits per heavy atom. The van der Waals surface area contributed by atoms with Crippen LogP contribution in [0.15, 0.2) is 18.5 Å². The molecule has 0 radical (unpaired) electrons. The lowest BCUT2D eigenvalue weighted by atomic mass is 10.1. The number of aromatic amines is 1. The maximum absolute atomic E-state index is 11.4. The predicted octanol–water partition coefficient (Wildman–Crippen LogP) is 1.01. The van der Waals surface area contributed by atoms with Crippen molar-refractivity contribution in [3.63, 3.8) is 0 Å². The van der Waals surface area contributed by atoms with E-state index in [2.05, 4.69) is 17.2 Å². The smallest absolute Gasteiger partial charge is 0.220 e. The van der Waals surface area contributed by atoms with Crippen molar-refractivity contribution in [1.82, 2.24) is 10.3 Å². The van der Waals surface area contributed by atoms with Gasteiger partial charge in [-0.05, 0) is 30.5 Å². The minimum absolute atomic E-state index is 0.0940. The van der Waals surface area contributed by atoms with Crippen LogP contribution in [-0.2, 0) is 11.3 Å². The Morgan fingerprint density at radius 1 is 1.67 bits per heavy atom. The van der Waals surface area contributed by atoms with Crippen LogP contribution in [0, 0.1) is 5.92 Å². The summed E-state index contributed by atoms with van der Waals surface area (Å²) in [7, 11) is 0. The van der Waals surface area contributed by atoms with E-state index in [1.807, 2.05) is 18.5 Å². The summed E-state index contributed by atoms with van der Waals surface area (Å²) in [6.07, 6.45) is 5.14. The van der Waals surface area contributed by atoms with Crippen LogP contribution in [0.2, 0.25) is 0 Å². The molecule has 1 aromatic rings. The van der Waals surface area contributed by atoms with Gasteiger partial charge in [0.05, 0.1) is 0 Å². The third-order valence-corrected chi connectivity index (χ3v) is 2.42. The molecule has 0 aromatic carbocycles. The minimum atomic E-state index is 0.0940. The molecular formula is C11H19N3O. The summed E-state index contributed by atoms with van der Waals surface area (Å²) in [5, 5.41) is 2.86. The molecule has 15 heavy (non-hydrogen) atoms. The van der Waals surface area contributed by atoms with Crippen molar-refractivity contribution in [3.8, 4) is 0 Å². The number of nitrogens with two attached hydrogens (primary N) is 1. The minimum Gasteiger partial charge on any atom is -0.367 e. The maximum Gasteiger partial charge on any atom is 0.220 e. The fourth-order valence-corrected chi connectivity index (χ4v) is 1.25. The van der Waals surface area contributed by atoms with Gasteiger partial charge >= 0.3 is 0 Å². The second-order valence-electron chi connectivity index (χ2n) is 3.88. The van der Waals surface area contributed by atoms with Gasteiger partial charge in [0, 0.05) is 25.4 Å². The van der Waals surface area contributed by atoms with Crippen molar-refractivity contribution in [3.05, 3.63) is 24.0 Å². The fourth-order valence-electron chi connectivity index (χ4n) is 1.25. The highest BCUT2D eigenvalue weighted by Gasteiger charge is 2.04. The summed E-state index contributed by atoms with van der Waals surface area (Å²) in [6, 6.07) is 1.95. The second-order valence-corrected chi connectivity index (χ2v) is 3.88. The Morgan fingerprint density at radius 2 is 2.47 bits per heavy atom. The van der Waals surface area contributed by atoms with Crippen LogP contribution in [0.5, 0.6) is 0 Å². The fraction of sp³-hybridized carbons (Fsp3) is 0.545. The quantitative estimate of drug-likeness (QED) is 0.654. The van der Waals surface area contributed by atoms with E-state index < -0.39 is 0 Å². The summed E-state index contributed by atoms with van der Waals surface area (Å²) in [6.45, 7) is 3.30. The second kappa shape index (κ2) is 6.24. The van der Waals surface area contributed by atoms with Gasteiger partial charge in [0.1, 0.15) is 0 Å². The molecule has 4 heteroatoms. The van der Waals surface area contributed by atoms with E-state index in [1.165, 1.54) is 0 Å². The third kappa shape index (κ3) is 4.65. The van der Waals surface area contributed by atoms with Crippen LogP contribution < -0.4 is 11.1 Å². The average molecular weight is 209 g/mol. The summed E-state index contributed by atoms with van der Waals surface area (Å²) >= 11 is 0. The van der Waals surface area contributed by atoms with Crippen LogP contribution in [0.25, 0.3) is 0 Å². The number of carbonyl (C=O) groups is 1. The van der Waals surface area contributed by atoms with Gasteiger partial charge in [-0.1, -0.05) is 6.92 Å². The van der Waals surface area contributed by atoms with Gasteiger partial charge in [0.25, 0.3) is 0 Å². The number of rotatable bonds is 6. The number of hydrogen-bond donors (Lipinski definition) is 3. The SMILES string of the molecule is CC(CN)CCC(=O)NCc1cc[nH]c1.